The van der Waals surface area contributed by atoms with Crippen molar-refractivity contribution < 1.29 is 14.3 Å². The number of halogens is 2. The Bertz CT molecular complexity index is 641. The second-order valence-corrected chi connectivity index (χ2v) is 6.42. The van der Waals surface area contributed by atoms with Crippen molar-refractivity contribution in [3.8, 4) is 6.07 Å². The lowest BCUT2D eigenvalue weighted by molar-refractivity contribution is -0.148. The molecular formula is C16H18Cl2N2O3. The Morgan fingerprint density at radius 3 is 2.52 bits per heavy atom. The van der Waals surface area contributed by atoms with Crippen LogP contribution in [-0.4, -0.2) is 24.0 Å². The standard InChI is InChI=1S/C16H18Cl2N2O3/c1-10(2)16(3,9-19)20-14(21)8-23-15(22)7-11-4-5-12(17)13(18)6-11/h4-6,10H,7-8H2,1-3H3,(H,20,21)/t16-/m0/s1. The number of esters is 1. The maximum Gasteiger partial charge on any atom is 0.310 e. The summed E-state index contributed by atoms with van der Waals surface area (Å²) in [6.07, 6.45) is -0.0239. The van der Waals surface area contributed by atoms with Gasteiger partial charge in [0.2, 0.25) is 0 Å². The molecule has 0 bridgehead atoms. The van der Waals surface area contributed by atoms with Crippen molar-refractivity contribution >= 4 is 35.1 Å². The van der Waals surface area contributed by atoms with E-state index in [1.807, 2.05) is 19.9 Å². The van der Waals surface area contributed by atoms with Crippen LogP contribution in [0.3, 0.4) is 0 Å². The van der Waals surface area contributed by atoms with Gasteiger partial charge in [0.05, 0.1) is 22.5 Å². The number of benzene rings is 1. The highest BCUT2D eigenvalue weighted by atomic mass is 35.5. The topological polar surface area (TPSA) is 79.2 Å². The van der Waals surface area contributed by atoms with E-state index in [-0.39, 0.29) is 12.3 Å². The molecule has 0 radical (unpaired) electrons. The number of hydrogen-bond donors (Lipinski definition) is 1. The van der Waals surface area contributed by atoms with Gasteiger partial charge in [-0.05, 0) is 30.5 Å². The van der Waals surface area contributed by atoms with Gasteiger partial charge >= 0.3 is 5.97 Å². The fourth-order valence-electron chi connectivity index (χ4n) is 1.64. The number of nitrogens with zero attached hydrogens (tertiary/aromatic N) is 1. The summed E-state index contributed by atoms with van der Waals surface area (Å²) in [5.74, 6) is -1.17. The van der Waals surface area contributed by atoms with E-state index in [1.165, 1.54) is 0 Å². The van der Waals surface area contributed by atoms with Gasteiger partial charge < -0.3 is 10.1 Å². The first-order valence-corrected chi connectivity index (χ1v) is 7.75. The molecule has 1 aromatic carbocycles. The highest BCUT2D eigenvalue weighted by Gasteiger charge is 2.30. The molecule has 5 nitrogen and oxygen atoms in total. The second-order valence-electron chi connectivity index (χ2n) is 5.60. The molecule has 1 N–H and O–H groups in total. The van der Waals surface area contributed by atoms with E-state index < -0.39 is 24.0 Å². The molecule has 0 saturated carbocycles. The first-order valence-electron chi connectivity index (χ1n) is 6.99. The highest BCUT2D eigenvalue weighted by molar-refractivity contribution is 6.42. The molecule has 1 amide bonds. The fourth-order valence-corrected chi connectivity index (χ4v) is 1.96. The summed E-state index contributed by atoms with van der Waals surface area (Å²) in [6.45, 7) is 4.82. The molecule has 0 fully saturated rings. The Balaban J connectivity index is 2.51. The van der Waals surface area contributed by atoms with Gasteiger partial charge in [0.15, 0.2) is 6.61 Å². The number of carbonyl (C=O) groups is 2. The predicted octanol–water partition coefficient (Wildman–Crippen LogP) is 3.13. The molecule has 0 unspecified atom stereocenters. The molecule has 0 heterocycles. The van der Waals surface area contributed by atoms with E-state index in [0.717, 1.165) is 0 Å². The number of carbonyl (C=O) groups excluding carboxylic acids is 2. The van der Waals surface area contributed by atoms with Gasteiger partial charge in [-0.1, -0.05) is 43.1 Å². The Hall–Kier alpha value is -1.77. The monoisotopic (exact) mass is 356 g/mol. The van der Waals surface area contributed by atoms with Crippen molar-refractivity contribution in [2.45, 2.75) is 32.7 Å². The SMILES string of the molecule is CC(C)[C@](C)(C#N)NC(=O)COC(=O)Cc1ccc(Cl)c(Cl)c1. The summed E-state index contributed by atoms with van der Waals surface area (Å²) in [6, 6.07) is 6.85. The Labute approximate surface area is 145 Å². The Kier molecular flexibility index (Phi) is 6.86. The highest BCUT2D eigenvalue weighted by Crippen LogP contribution is 2.22. The zero-order chi connectivity index (χ0) is 17.6. The number of rotatable bonds is 6. The molecular weight excluding hydrogens is 339 g/mol. The molecule has 1 rings (SSSR count). The first kappa shape index (κ1) is 19.3. The number of hydrogen-bond acceptors (Lipinski definition) is 4. The maximum atomic E-state index is 11.8. The normalized spacial score (nSPS) is 13.1. The molecule has 7 heteroatoms. The molecule has 0 aliphatic heterocycles. The third-order valence-corrected chi connectivity index (χ3v) is 4.22. The molecule has 23 heavy (non-hydrogen) atoms. The summed E-state index contributed by atoms with van der Waals surface area (Å²) in [5, 5.41) is 12.4. The van der Waals surface area contributed by atoms with Crippen LogP contribution in [-0.2, 0) is 20.7 Å². The smallest absolute Gasteiger partial charge is 0.310 e. The van der Waals surface area contributed by atoms with Gasteiger partial charge in [-0.15, -0.1) is 0 Å². The minimum atomic E-state index is -1.01. The predicted molar refractivity (Wildman–Crippen MR) is 88.1 cm³/mol. The minimum absolute atomic E-state index is 0.0239. The third kappa shape index (κ3) is 5.74. The van der Waals surface area contributed by atoms with E-state index in [9.17, 15) is 9.59 Å². The van der Waals surface area contributed by atoms with Crippen molar-refractivity contribution in [3.05, 3.63) is 33.8 Å². The van der Waals surface area contributed by atoms with Gasteiger partial charge in [0.1, 0.15) is 5.54 Å². The van der Waals surface area contributed by atoms with Crippen LogP contribution in [0.15, 0.2) is 18.2 Å². The summed E-state index contributed by atoms with van der Waals surface area (Å²) in [4.78, 5) is 23.5. The van der Waals surface area contributed by atoms with Crippen LogP contribution >= 0.6 is 23.2 Å². The summed E-state index contributed by atoms with van der Waals surface area (Å²) in [5.41, 5.74) is -0.374. The molecule has 0 aliphatic carbocycles. The van der Waals surface area contributed by atoms with Crippen LogP contribution in [0.4, 0.5) is 0 Å². The van der Waals surface area contributed by atoms with Gasteiger partial charge in [0, 0.05) is 0 Å². The van der Waals surface area contributed by atoms with Crippen molar-refractivity contribution in [2.24, 2.45) is 5.92 Å². The number of ether oxygens (including phenoxy) is 1. The average Bonchev–Trinajstić information content (AvgIpc) is 2.48. The minimum Gasteiger partial charge on any atom is -0.455 e. The van der Waals surface area contributed by atoms with Crippen LogP contribution in [0.25, 0.3) is 0 Å². The maximum absolute atomic E-state index is 11.8. The van der Waals surface area contributed by atoms with Crippen LogP contribution < -0.4 is 5.32 Å². The van der Waals surface area contributed by atoms with Crippen LogP contribution in [0.2, 0.25) is 10.0 Å². The quantitative estimate of drug-likeness (QED) is 0.794. The van der Waals surface area contributed by atoms with Crippen molar-refractivity contribution in [3.63, 3.8) is 0 Å². The van der Waals surface area contributed by atoms with E-state index in [0.29, 0.717) is 15.6 Å². The molecule has 0 saturated heterocycles. The average molecular weight is 357 g/mol. The van der Waals surface area contributed by atoms with Crippen molar-refractivity contribution in [1.29, 1.82) is 5.26 Å². The zero-order valence-electron chi connectivity index (χ0n) is 13.2. The Morgan fingerprint density at radius 2 is 2.00 bits per heavy atom. The largest absolute Gasteiger partial charge is 0.455 e. The first-order chi connectivity index (χ1) is 10.7. The van der Waals surface area contributed by atoms with E-state index in [1.54, 1.807) is 25.1 Å². The number of amides is 1. The van der Waals surface area contributed by atoms with E-state index in [2.05, 4.69) is 5.32 Å². The molecule has 1 atom stereocenters. The van der Waals surface area contributed by atoms with Gasteiger partial charge in [-0.25, -0.2) is 0 Å². The fraction of sp³-hybridized carbons (Fsp3) is 0.438. The van der Waals surface area contributed by atoms with Crippen LogP contribution in [0.5, 0.6) is 0 Å². The van der Waals surface area contributed by atoms with Gasteiger partial charge in [0.25, 0.3) is 5.91 Å². The molecule has 0 aliphatic rings. The summed E-state index contributed by atoms with van der Waals surface area (Å²) in [7, 11) is 0. The summed E-state index contributed by atoms with van der Waals surface area (Å²) < 4.78 is 4.91. The van der Waals surface area contributed by atoms with Crippen molar-refractivity contribution in [2.75, 3.05) is 6.61 Å². The summed E-state index contributed by atoms with van der Waals surface area (Å²) >= 11 is 11.7. The molecule has 0 aromatic heterocycles. The number of nitriles is 1. The lowest BCUT2D eigenvalue weighted by Crippen LogP contribution is -2.50. The molecule has 0 spiro atoms. The van der Waals surface area contributed by atoms with E-state index in [4.69, 9.17) is 33.2 Å². The third-order valence-electron chi connectivity index (χ3n) is 3.48. The Morgan fingerprint density at radius 1 is 1.35 bits per heavy atom. The lowest BCUT2D eigenvalue weighted by Gasteiger charge is -2.27. The van der Waals surface area contributed by atoms with Crippen molar-refractivity contribution in [1.82, 2.24) is 5.32 Å². The number of nitrogens with one attached hydrogen (secondary N) is 1. The van der Waals surface area contributed by atoms with Crippen LogP contribution in [0, 0.1) is 17.2 Å². The van der Waals surface area contributed by atoms with Gasteiger partial charge in [-0.3, -0.25) is 9.59 Å². The van der Waals surface area contributed by atoms with E-state index >= 15 is 0 Å². The second kappa shape index (κ2) is 8.19. The van der Waals surface area contributed by atoms with Gasteiger partial charge in [-0.2, -0.15) is 5.26 Å². The zero-order valence-corrected chi connectivity index (χ0v) is 14.7. The van der Waals surface area contributed by atoms with Crippen LogP contribution in [0.1, 0.15) is 26.3 Å². The lowest BCUT2D eigenvalue weighted by atomic mass is 9.90. The molecule has 124 valence electrons. The molecule has 1 aromatic rings.